The van der Waals surface area contributed by atoms with Crippen molar-refractivity contribution in [1.82, 2.24) is 15.2 Å². The molecule has 1 saturated heterocycles. The van der Waals surface area contributed by atoms with E-state index in [0.717, 1.165) is 57.9 Å². The maximum Gasteiger partial charge on any atom is 0.219 e. The summed E-state index contributed by atoms with van der Waals surface area (Å²) in [5, 5.41) is 3.44. The third-order valence-electron chi connectivity index (χ3n) is 3.85. The van der Waals surface area contributed by atoms with E-state index in [2.05, 4.69) is 28.2 Å². The lowest BCUT2D eigenvalue weighted by Crippen LogP contribution is -2.34. The van der Waals surface area contributed by atoms with Crippen LogP contribution in [-0.2, 0) is 11.3 Å². The smallest absolute Gasteiger partial charge is 0.219 e. The highest BCUT2D eigenvalue weighted by molar-refractivity contribution is 5.73. The van der Waals surface area contributed by atoms with E-state index in [1.165, 1.54) is 5.56 Å². The van der Waals surface area contributed by atoms with Crippen molar-refractivity contribution in [3.63, 3.8) is 0 Å². The van der Waals surface area contributed by atoms with Crippen molar-refractivity contribution >= 4 is 11.7 Å². The number of rotatable bonds is 5. The van der Waals surface area contributed by atoms with Gasteiger partial charge in [-0.1, -0.05) is 13.0 Å². The van der Waals surface area contributed by atoms with E-state index in [1.807, 2.05) is 17.2 Å². The summed E-state index contributed by atoms with van der Waals surface area (Å²) in [5.74, 6) is 1.23. The molecule has 116 valence electrons. The highest BCUT2D eigenvalue weighted by Gasteiger charge is 2.19. The Labute approximate surface area is 127 Å². The van der Waals surface area contributed by atoms with Crippen LogP contribution < -0.4 is 10.2 Å². The van der Waals surface area contributed by atoms with E-state index < -0.39 is 0 Å². The van der Waals surface area contributed by atoms with Gasteiger partial charge < -0.3 is 15.1 Å². The second-order valence-electron chi connectivity index (χ2n) is 5.51. The van der Waals surface area contributed by atoms with Crippen molar-refractivity contribution < 1.29 is 4.79 Å². The van der Waals surface area contributed by atoms with Crippen molar-refractivity contribution in [2.75, 3.05) is 37.6 Å². The average Bonchev–Trinajstić information content (AvgIpc) is 2.74. The molecule has 0 aromatic carbocycles. The van der Waals surface area contributed by atoms with Gasteiger partial charge in [0.2, 0.25) is 5.91 Å². The second-order valence-corrected chi connectivity index (χ2v) is 5.51. The number of nitrogens with one attached hydrogen (secondary N) is 1. The van der Waals surface area contributed by atoms with Gasteiger partial charge in [0.1, 0.15) is 5.82 Å². The Hall–Kier alpha value is -1.62. The molecule has 2 heterocycles. The van der Waals surface area contributed by atoms with Crippen LogP contribution in [0.15, 0.2) is 18.3 Å². The Balaban J connectivity index is 2.05. The van der Waals surface area contributed by atoms with Gasteiger partial charge in [0.15, 0.2) is 0 Å². The predicted octanol–water partition coefficient (Wildman–Crippen LogP) is 1.64. The second kappa shape index (κ2) is 7.98. The number of pyridine rings is 1. The van der Waals surface area contributed by atoms with Crippen LogP contribution in [0, 0.1) is 0 Å². The number of amides is 1. The lowest BCUT2D eigenvalue weighted by atomic mass is 10.2. The summed E-state index contributed by atoms with van der Waals surface area (Å²) in [5.41, 5.74) is 1.24. The van der Waals surface area contributed by atoms with Crippen LogP contribution in [0.4, 0.5) is 5.82 Å². The molecule has 1 aromatic heterocycles. The molecule has 0 aliphatic carbocycles. The molecule has 0 saturated carbocycles. The third-order valence-corrected chi connectivity index (χ3v) is 3.85. The van der Waals surface area contributed by atoms with Crippen LogP contribution in [0.25, 0.3) is 0 Å². The van der Waals surface area contributed by atoms with Crippen LogP contribution in [0.3, 0.4) is 0 Å². The third kappa shape index (κ3) is 4.43. The Morgan fingerprint density at radius 3 is 2.95 bits per heavy atom. The lowest BCUT2D eigenvalue weighted by molar-refractivity contribution is -0.128. The fraction of sp³-hybridized carbons (Fsp3) is 0.625. The Morgan fingerprint density at radius 2 is 2.19 bits per heavy atom. The van der Waals surface area contributed by atoms with E-state index >= 15 is 0 Å². The molecule has 0 atom stereocenters. The van der Waals surface area contributed by atoms with E-state index in [1.54, 1.807) is 6.92 Å². The number of carbonyl (C=O) groups excluding carboxylic acids is 1. The summed E-state index contributed by atoms with van der Waals surface area (Å²) in [7, 11) is 0. The number of carbonyl (C=O) groups is 1. The van der Waals surface area contributed by atoms with Gasteiger partial charge in [0.05, 0.1) is 0 Å². The Morgan fingerprint density at radius 1 is 1.33 bits per heavy atom. The highest BCUT2D eigenvalue weighted by atomic mass is 16.2. The van der Waals surface area contributed by atoms with Crippen LogP contribution in [0.2, 0.25) is 0 Å². The first kappa shape index (κ1) is 15.8. The number of nitrogens with zero attached hydrogens (tertiary/aromatic N) is 3. The lowest BCUT2D eigenvalue weighted by Gasteiger charge is -2.24. The van der Waals surface area contributed by atoms with Gasteiger partial charge in [0, 0.05) is 51.4 Å². The largest absolute Gasteiger partial charge is 0.355 e. The molecule has 1 fully saturated rings. The molecule has 5 heteroatoms. The number of hydrogen-bond acceptors (Lipinski definition) is 4. The van der Waals surface area contributed by atoms with Crippen LogP contribution in [0.1, 0.15) is 32.3 Å². The molecule has 0 unspecified atom stereocenters. The monoisotopic (exact) mass is 290 g/mol. The molecule has 2 rings (SSSR count). The van der Waals surface area contributed by atoms with E-state index in [0.29, 0.717) is 0 Å². The molecule has 1 N–H and O–H groups in total. The normalized spacial score (nSPS) is 15.9. The summed E-state index contributed by atoms with van der Waals surface area (Å²) < 4.78 is 0. The summed E-state index contributed by atoms with van der Waals surface area (Å²) in [6.45, 7) is 9.14. The minimum absolute atomic E-state index is 0.169. The van der Waals surface area contributed by atoms with Crippen LogP contribution in [-0.4, -0.2) is 48.5 Å². The van der Waals surface area contributed by atoms with Gasteiger partial charge in [-0.15, -0.1) is 0 Å². The predicted molar refractivity (Wildman–Crippen MR) is 85.3 cm³/mol. The van der Waals surface area contributed by atoms with Crippen molar-refractivity contribution in [3.8, 4) is 0 Å². The van der Waals surface area contributed by atoms with Gasteiger partial charge in [-0.3, -0.25) is 4.79 Å². The number of anilines is 1. The minimum atomic E-state index is 0.169. The molecule has 5 nitrogen and oxygen atoms in total. The Bertz CT molecular complexity index is 463. The molecule has 1 aliphatic heterocycles. The number of aromatic nitrogens is 1. The van der Waals surface area contributed by atoms with Crippen molar-refractivity contribution in [2.24, 2.45) is 0 Å². The average molecular weight is 290 g/mol. The first-order valence-corrected chi connectivity index (χ1v) is 7.87. The summed E-state index contributed by atoms with van der Waals surface area (Å²) in [4.78, 5) is 20.3. The Kier molecular flexibility index (Phi) is 5.99. The molecule has 0 spiro atoms. The first-order valence-electron chi connectivity index (χ1n) is 7.87. The van der Waals surface area contributed by atoms with Crippen molar-refractivity contribution in [3.05, 3.63) is 23.9 Å². The molecule has 1 aromatic rings. The number of hydrogen-bond donors (Lipinski definition) is 1. The zero-order valence-corrected chi connectivity index (χ0v) is 13.1. The summed E-state index contributed by atoms with van der Waals surface area (Å²) in [6.07, 6.45) is 3.98. The van der Waals surface area contributed by atoms with Gasteiger partial charge in [-0.25, -0.2) is 4.98 Å². The van der Waals surface area contributed by atoms with E-state index in [4.69, 9.17) is 0 Å². The molecule has 21 heavy (non-hydrogen) atoms. The quantitative estimate of drug-likeness (QED) is 0.838. The van der Waals surface area contributed by atoms with Crippen LogP contribution in [0.5, 0.6) is 0 Å². The fourth-order valence-electron chi connectivity index (χ4n) is 2.70. The van der Waals surface area contributed by atoms with Crippen molar-refractivity contribution in [2.45, 2.75) is 33.2 Å². The van der Waals surface area contributed by atoms with E-state index in [9.17, 15) is 4.79 Å². The van der Waals surface area contributed by atoms with Crippen LogP contribution >= 0.6 is 0 Å². The van der Waals surface area contributed by atoms with Gasteiger partial charge in [0.25, 0.3) is 0 Å². The summed E-state index contributed by atoms with van der Waals surface area (Å²) >= 11 is 0. The van der Waals surface area contributed by atoms with Gasteiger partial charge in [-0.05, 0) is 25.5 Å². The van der Waals surface area contributed by atoms with E-state index in [-0.39, 0.29) is 5.91 Å². The standard InChI is InChI=1S/C16H26N4O/c1-3-7-17-13-15-6-4-8-18-16(15)20-10-5-9-19(11-12-20)14(2)21/h4,6,8,17H,3,5,7,9-13H2,1-2H3. The molecule has 1 amide bonds. The molecule has 0 bridgehead atoms. The highest BCUT2D eigenvalue weighted by Crippen LogP contribution is 2.19. The maximum atomic E-state index is 11.5. The zero-order chi connectivity index (χ0) is 15.1. The maximum absolute atomic E-state index is 11.5. The molecule has 0 radical (unpaired) electrons. The molecular formula is C16H26N4O. The summed E-state index contributed by atoms with van der Waals surface area (Å²) in [6, 6.07) is 4.13. The van der Waals surface area contributed by atoms with Crippen molar-refractivity contribution in [1.29, 1.82) is 0 Å². The topological polar surface area (TPSA) is 48.5 Å². The van der Waals surface area contributed by atoms with Gasteiger partial charge >= 0.3 is 0 Å². The molecule has 1 aliphatic rings. The minimum Gasteiger partial charge on any atom is -0.355 e. The van der Waals surface area contributed by atoms with Gasteiger partial charge in [-0.2, -0.15) is 0 Å². The zero-order valence-electron chi connectivity index (χ0n) is 13.1. The fourth-order valence-corrected chi connectivity index (χ4v) is 2.70. The molecular weight excluding hydrogens is 264 g/mol. The SMILES string of the molecule is CCCNCc1cccnc1N1CCCN(C(C)=O)CC1. The first-order chi connectivity index (χ1) is 10.2.